The molecule has 2 aliphatic heterocycles. The van der Waals surface area contributed by atoms with E-state index in [2.05, 4.69) is 15.6 Å². The number of rotatable bonds is 7. The highest BCUT2D eigenvalue weighted by Gasteiger charge is 2.30. The Morgan fingerprint density at radius 3 is 2.69 bits per heavy atom. The van der Waals surface area contributed by atoms with Crippen molar-refractivity contribution in [2.24, 2.45) is 4.99 Å². The van der Waals surface area contributed by atoms with Crippen molar-refractivity contribution in [3.8, 4) is 0 Å². The molecule has 0 aromatic rings. The molecule has 9 heteroatoms. The number of likely N-dealkylation sites (tertiary alicyclic amines) is 1. The van der Waals surface area contributed by atoms with E-state index in [0.717, 1.165) is 57.8 Å². The molecule has 29 heavy (non-hydrogen) atoms. The molecule has 0 radical (unpaired) electrons. The van der Waals surface area contributed by atoms with Crippen LogP contribution < -0.4 is 10.6 Å². The van der Waals surface area contributed by atoms with E-state index in [1.807, 2.05) is 25.7 Å². The zero-order chi connectivity index (χ0) is 20.4. The van der Waals surface area contributed by atoms with Crippen LogP contribution in [0.25, 0.3) is 0 Å². The average molecular weight is 526 g/mol. The van der Waals surface area contributed by atoms with Crippen LogP contribution in [0, 0.1) is 0 Å². The molecule has 0 bridgehead atoms. The lowest BCUT2D eigenvalue weighted by molar-refractivity contribution is 0.0104. The Balaban J connectivity index is 0.00000420. The van der Waals surface area contributed by atoms with Gasteiger partial charge in [0.25, 0.3) is 0 Å². The third-order valence-corrected chi connectivity index (χ3v) is 4.84. The van der Waals surface area contributed by atoms with E-state index in [0.29, 0.717) is 19.8 Å². The monoisotopic (exact) mass is 526 g/mol. The van der Waals surface area contributed by atoms with Gasteiger partial charge in [0.1, 0.15) is 5.60 Å². The summed E-state index contributed by atoms with van der Waals surface area (Å²) >= 11 is 0. The molecule has 0 spiro atoms. The van der Waals surface area contributed by atoms with Gasteiger partial charge in [0.05, 0.1) is 18.8 Å². The molecule has 170 valence electrons. The molecule has 2 fully saturated rings. The van der Waals surface area contributed by atoms with Crippen molar-refractivity contribution in [1.29, 1.82) is 0 Å². The highest BCUT2D eigenvalue weighted by molar-refractivity contribution is 14.0. The number of hydrogen-bond acceptors (Lipinski definition) is 5. The maximum atomic E-state index is 12.5. The quantitative estimate of drug-likeness (QED) is 0.230. The maximum absolute atomic E-state index is 12.5. The van der Waals surface area contributed by atoms with E-state index in [1.54, 1.807) is 7.05 Å². The van der Waals surface area contributed by atoms with Crippen molar-refractivity contribution >= 4 is 36.0 Å². The predicted molar refractivity (Wildman–Crippen MR) is 125 cm³/mol. The number of carbonyl (C=O) groups excluding carboxylic acids is 1. The average Bonchev–Trinajstić information content (AvgIpc) is 3.16. The topological polar surface area (TPSA) is 84.4 Å². The number of ether oxygens (including phenoxy) is 3. The van der Waals surface area contributed by atoms with Gasteiger partial charge >= 0.3 is 6.09 Å². The van der Waals surface area contributed by atoms with Crippen LogP contribution in [0.4, 0.5) is 4.79 Å². The Hall–Kier alpha value is -0.810. The molecular formula is C20H39IN4O4. The van der Waals surface area contributed by atoms with Gasteiger partial charge in [-0.1, -0.05) is 0 Å². The zero-order valence-electron chi connectivity index (χ0n) is 18.4. The van der Waals surface area contributed by atoms with E-state index < -0.39 is 5.60 Å². The summed E-state index contributed by atoms with van der Waals surface area (Å²) in [6, 6.07) is 0.118. The third kappa shape index (κ3) is 10.2. The van der Waals surface area contributed by atoms with E-state index >= 15 is 0 Å². The molecule has 2 saturated heterocycles. The Kier molecular flexibility index (Phi) is 12.2. The lowest BCUT2D eigenvalue weighted by Gasteiger charge is -2.37. The second-order valence-electron chi connectivity index (χ2n) is 8.41. The highest BCUT2D eigenvalue weighted by atomic mass is 127. The van der Waals surface area contributed by atoms with Gasteiger partial charge in [-0.15, -0.1) is 24.0 Å². The number of guanidine groups is 1. The van der Waals surface area contributed by atoms with Crippen molar-refractivity contribution in [3.05, 3.63) is 0 Å². The minimum absolute atomic E-state index is 0. The first-order chi connectivity index (χ1) is 13.4. The second kappa shape index (κ2) is 13.5. The molecule has 2 unspecified atom stereocenters. The van der Waals surface area contributed by atoms with Crippen LogP contribution in [-0.2, 0) is 14.2 Å². The van der Waals surface area contributed by atoms with Crippen molar-refractivity contribution in [3.63, 3.8) is 0 Å². The highest BCUT2D eigenvalue weighted by Crippen LogP contribution is 2.20. The zero-order valence-corrected chi connectivity index (χ0v) is 20.7. The number of carbonyl (C=O) groups is 1. The van der Waals surface area contributed by atoms with Crippen LogP contribution >= 0.6 is 24.0 Å². The minimum Gasteiger partial charge on any atom is -0.444 e. The van der Waals surface area contributed by atoms with Gasteiger partial charge in [-0.2, -0.15) is 0 Å². The maximum Gasteiger partial charge on any atom is 0.410 e. The van der Waals surface area contributed by atoms with E-state index in [4.69, 9.17) is 14.2 Å². The lowest BCUT2D eigenvalue weighted by Crippen LogP contribution is -2.52. The van der Waals surface area contributed by atoms with Crippen molar-refractivity contribution in [1.82, 2.24) is 15.5 Å². The first-order valence-electron chi connectivity index (χ1n) is 10.5. The number of hydrogen-bond donors (Lipinski definition) is 2. The van der Waals surface area contributed by atoms with Crippen LogP contribution in [0.5, 0.6) is 0 Å². The van der Waals surface area contributed by atoms with Crippen LogP contribution in [0.3, 0.4) is 0 Å². The summed E-state index contributed by atoms with van der Waals surface area (Å²) in [5.41, 5.74) is -0.475. The molecule has 0 aromatic heterocycles. The van der Waals surface area contributed by atoms with Gasteiger partial charge < -0.3 is 29.7 Å². The fraction of sp³-hybridized carbons (Fsp3) is 0.900. The second-order valence-corrected chi connectivity index (χ2v) is 8.41. The van der Waals surface area contributed by atoms with Gasteiger partial charge in [-0.3, -0.25) is 4.99 Å². The molecule has 0 aliphatic carbocycles. The van der Waals surface area contributed by atoms with Gasteiger partial charge in [-0.05, 0) is 52.9 Å². The third-order valence-electron chi connectivity index (χ3n) is 4.84. The van der Waals surface area contributed by atoms with Gasteiger partial charge in [0.2, 0.25) is 0 Å². The smallest absolute Gasteiger partial charge is 0.410 e. The molecule has 2 heterocycles. The molecule has 2 rings (SSSR count). The number of aliphatic imine (C=N–C) groups is 1. The van der Waals surface area contributed by atoms with Crippen molar-refractivity contribution in [2.75, 3.05) is 46.5 Å². The normalized spacial score (nSPS) is 22.8. The molecular weight excluding hydrogens is 487 g/mol. The van der Waals surface area contributed by atoms with E-state index in [9.17, 15) is 4.79 Å². The van der Waals surface area contributed by atoms with Crippen LogP contribution in [-0.4, -0.2) is 81.2 Å². The van der Waals surface area contributed by atoms with Crippen LogP contribution in [0.2, 0.25) is 0 Å². The number of nitrogens with one attached hydrogen (secondary N) is 2. The summed E-state index contributed by atoms with van der Waals surface area (Å²) in [7, 11) is 1.76. The summed E-state index contributed by atoms with van der Waals surface area (Å²) in [5, 5.41) is 6.66. The first-order valence-corrected chi connectivity index (χ1v) is 10.5. The molecule has 2 N–H and O–H groups in total. The summed E-state index contributed by atoms with van der Waals surface area (Å²) < 4.78 is 16.6. The Morgan fingerprint density at radius 2 is 2.03 bits per heavy atom. The Morgan fingerprint density at radius 1 is 1.24 bits per heavy atom. The molecule has 0 saturated carbocycles. The summed E-state index contributed by atoms with van der Waals surface area (Å²) in [6.45, 7) is 10.1. The van der Waals surface area contributed by atoms with Crippen molar-refractivity contribution in [2.45, 2.75) is 70.6 Å². The summed E-state index contributed by atoms with van der Waals surface area (Å²) in [6.07, 6.45) is 5.05. The SMILES string of the molecule is CN=C(NCCCOC1CCOC1)NCC1CCCCN1C(=O)OC(C)(C)C.I. The number of nitrogens with zero attached hydrogens (tertiary/aromatic N) is 2. The van der Waals surface area contributed by atoms with Gasteiger partial charge in [0, 0.05) is 39.9 Å². The Labute approximate surface area is 192 Å². The fourth-order valence-corrected chi connectivity index (χ4v) is 3.38. The number of halogens is 1. The number of amides is 1. The van der Waals surface area contributed by atoms with E-state index in [-0.39, 0.29) is 42.2 Å². The predicted octanol–water partition coefficient (Wildman–Crippen LogP) is 2.75. The fourth-order valence-electron chi connectivity index (χ4n) is 3.38. The Bertz CT molecular complexity index is 507. The molecule has 2 atom stereocenters. The summed E-state index contributed by atoms with van der Waals surface area (Å²) in [5.74, 6) is 0.749. The molecule has 8 nitrogen and oxygen atoms in total. The largest absolute Gasteiger partial charge is 0.444 e. The molecule has 0 aromatic carbocycles. The first kappa shape index (κ1) is 26.2. The van der Waals surface area contributed by atoms with Gasteiger partial charge in [0.15, 0.2) is 5.96 Å². The van der Waals surface area contributed by atoms with Gasteiger partial charge in [-0.25, -0.2) is 4.79 Å². The standard InChI is InChI=1S/C20H38N4O4.HI/c1-20(2,3)28-19(25)24-11-6-5-8-16(24)14-23-18(21-4)22-10-7-12-27-17-9-13-26-15-17;/h16-17H,5-15H2,1-4H3,(H2,21,22,23);1H. The minimum atomic E-state index is -0.475. The van der Waals surface area contributed by atoms with Crippen LogP contribution in [0.15, 0.2) is 4.99 Å². The molecule has 2 aliphatic rings. The summed E-state index contributed by atoms with van der Waals surface area (Å²) in [4.78, 5) is 18.6. The molecule has 1 amide bonds. The van der Waals surface area contributed by atoms with Crippen LogP contribution in [0.1, 0.15) is 52.9 Å². The lowest BCUT2D eigenvalue weighted by atomic mass is 10.0. The number of piperidine rings is 1. The van der Waals surface area contributed by atoms with E-state index in [1.165, 1.54) is 0 Å². The van der Waals surface area contributed by atoms with Crippen molar-refractivity contribution < 1.29 is 19.0 Å².